The van der Waals surface area contributed by atoms with Crippen LogP contribution in [0.3, 0.4) is 0 Å². The fourth-order valence-corrected chi connectivity index (χ4v) is 3.28. The minimum Gasteiger partial charge on any atom is -0.494 e. The van der Waals surface area contributed by atoms with E-state index in [0.29, 0.717) is 55.3 Å². The molecule has 10 heteroatoms. The lowest BCUT2D eigenvalue weighted by atomic mass is 10.2. The Morgan fingerprint density at radius 2 is 1.07 bits per heavy atom. The van der Waals surface area contributed by atoms with Crippen LogP contribution in [0.15, 0.2) is 98.1 Å². The molecule has 220 valence electrons. The van der Waals surface area contributed by atoms with Gasteiger partial charge in [-0.2, -0.15) is 0 Å². The zero-order valence-corrected chi connectivity index (χ0v) is 22.9. The molecule has 3 aromatic carbocycles. The summed E-state index contributed by atoms with van der Waals surface area (Å²) in [5, 5.41) is 9.25. The van der Waals surface area contributed by atoms with Crippen molar-refractivity contribution in [2.24, 2.45) is 0 Å². The lowest BCUT2D eigenvalue weighted by molar-refractivity contribution is -0.137. The third-order valence-electron chi connectivity index (χ3n) is 5.44. The minimum atomic E-state index is -0.993. The van der Waals surface area contributed by atoms with Crippen LogP contribution in [0.2, 0.25) is 0 Å². The summed E-state index contributed by atoms with van der Waals surface area (Å²) in [5.74, 6) is 0.0887. The molecule has 3 aromatic rings. The van der Waals surface area contributed by atoms with Crippen molar-refractivity contribution >= 4 is 17.9 Å². The Kier molecular flexibility index (Phi) is 12.8. The Bertz CT molecular complexity index is 1310. The Morgan fingerprint density at radius 1 is 0.643 bits per heavy atom. The summed E-state index contributed by atoms with van der Waals surface area (Å²) in [7, 11) is 0. The zero-order valence-electron chi connectivity index (χ0n) is 22.9. The van der Waals surface area contributed by atoms with Gasteiger partial charge in [0, 0.05) is 18.9 Å². The summed E-state index contributed by atoms with van der Waals surface area (Å²) < 4.78 is 31.9. The molecule has 0 amide bonds. The normalized spacial score (nSPS) is 11.1. The van der Waals surface area contributed by atoms with Gasteiger partial charge in [-0.3, -0.25) is 0 Å². The number of esters is 3. The summed E-state index contributed by atoms with van der Waals surface area (Å²) in [6, 6.07) is 19.0. The van der Waals surface area contributed by atoms with E-state index < -0.39 is 24.2 Å². The lowest BCUT2D eigenvalue weighted by Crippen LogP contribution is -2.11. The Balaban J connectivity index is 1.40. The van der Waals surface area contributed by atoms with Gasteiger partial charge < -0.3 is 33.5 Å². The first-order valence-corrected chi connectivity index (χ1v) is 13.1. The molecule has 10 nitrogen and oxygen atoms in total. The van der Waals surface area contributed by atoms with Crippen molar-refractivity contribution in [1.82, 2.24) is 0 Å². The van der Waals surface area contributed by atoms with E-state index >= 15 is 0 Å². The van der Waals surface area contributed by atoms with Gasteiger partial charge in [-0.25, -0.2) is 14.4 Å². The van der Waals surface area contributed by atoms with Crippen molar-refractivity contribution in [3.05, 3.63) is 109 Å². The van der Waals surface area contributed by atoms with Crippen LogP contribution in [-0.2, 0) is 14.3 Å². The van der Waals surface area contributed by atoms with Crippen LogP contribution in [-0.4, -0.2) is 55.7 Å². The highest BCUT2D eigenvalue weighted by atomic mass is 16.6. The topological polar surface area (TPSA) is 127 Å². The lowest BCUT2D eigenvalue weighted by Gasteiger charge is -2.10. The summed E-state index contributed by atoms with van der Waals surface area (Å²) in [5.41, 5.74) is 0.656. The van der Waals surface area contributed by atoms with Gasteiger partial charge in [0.1, 0.15) is 23.0 Å². The maximum absolute atomic E-state index is 12.5. The fourth-order valence-electron chi connectivity index (χ4n) is 3.28. The molecule has 0 saturated heterocycles. The molecule has 0 aromatic heterocycles. The van der Waals surface area contributed by atoms with Crippen molar-refractivity contribution in [3.8, 4) is 23.0 Å². The third kappa shape index (κ3) is 10.9. The monoisotopic (exact) mass is 576 g/mol. The van der Waals surface area contributed by atoms with Gasteiger partial charge in [-0.1, -0.05) is 13.2 Å². The predicted molar refractivity (Wildman–Crippen MR) is 153 cm³/mol. The molecule has 0 saturated carbocycles. The highest BCUT2D eigenvalue weighted by Crippen LogP contribution is 2.21. The molecule has 1 N–H and O–H groups in total. The number of ether oxygens (including phenoxy) is 6. The number of hydrogen-bond acceptors (Lipinski definition) is 10. The van der Waals surface area contributed by atoms with Gasteiger partial charge in [0.2, 0.25) is 0 Å². The molecule has 42 heavy (non-hydrogen) atoms. The van der Waals surface area contributed by atoms with Crippen LogP contribution in [0.4, 0.5) is 0 Å². The maximum Gasteiger partial charge on any atom is 0.343 e. The zero-order chi connectivity index (χ0) is 30.2. The number of aliphatic hydroxyl groups is 1. The van der Waals surface area contributed by atoms with Crippen molar-refractivity contribution < 1.29 is 47.9 Å². The van der Waals surface area contributed by atoms with Crippen LogP contribution < -0.4 is 18.9 Å². The molecular formula is C32H32O10. The number of hydrogen-bond donors (Lipinski definition) is 1. The summed E-state index contributed by atoms with van der Waals surface area (Å²) >= 11 is 0. The van der Waals surface area contributed by atoms with Gasteiger partial charge in [-0.15, -0.1) is 0 Å². The number of aliphatic hydroxyl groups excluding tert-OH is 1. The summed E-state index contributed by atoms with van der Waals surface area (Å²) in [4.78, 5) is 36.0. The van der Waals surface area contributed by atoms with Gasteiger partial charge >= 0.3 is 17.9 Å². The molecule has 0 spiro atoms. The van der Waals surface area contributed by atoms with Crippen molar-refractivity contribution in [2.45, 2.75) is 19.1 Å². The van der Waals surface area contributed by atoms with Gasteiger partial charge in [0.15, 0.2) is 6.29 Å². The van der Waals surface area contributed by atoms with E-state index in [9.17, 15) is 19.5 Å². The highest BCUT2D eigenvalue weighted by Gasteiger charge is 2.12. The molecule has 0 aliphatic heterocycles. The second-order valence-electron chi connectivity index (χ2n) is 8.57. The predicted octanol–water partition coefficient (Wildman–Crippen LogP) is 4.91. The van der Waals surface area contributed by atoms with Crippen LogP contribution in [0.5, 0.6) is 23.0 Å². The molecule has 1 atom stereocenters. The standard InChI is InChI=1S/C32H32O10/c1-3-29(33)39-21-5-19-37-25-11-7-23(8-12-25)31(35)41-27-15-17-28(18-16-27)42-32(36)24-9-13-26(14-10-24)38-20-6-22-40-30(34)4-2/h3-4,7-18,29,33H,1-2,5-6,19-22H2. The van der Waals surface area contributed by atoms with Gasteiger partial charge in [0.05, 0.1) is 37.6 Å². The fraction of sp³-hybridized carbons (Fsp3) is 0.219. The molecule has 0 aliphatic carbocycles. The van der Waals surface area contributed by atoms with E-state index in [2.05, 4.69) is 13.2 Å². The quantitative estimate of drug-likeness (QED) is 0.0591. The SMILES string of the molecule is C=CC(=O)OCCCOc1ccc(C(=O)Oc2ccc(OC(=O)c3ccc(OCCCOC(O)C=C)cc3)cc2)cc1. The molecule has 0 radical (unpaired) electrons. The number of carbonyl (C=O) groups excluding carboxylic acids is 3. The average Bonchev–Trinajstić information content (AvgIpc) is 3.01. The van der Waals surface area contributed by atoms with Crippen molar-refractivity contribution in [2.75, 3.05) is 26.4 Å². The first-order chi connectivity index (χ1) is 20.4. The molecule has 0 bridgehead atoms. The molecule has 0 aliphatic rings. The van der Waals surface area contributed by atoms with Gasteiger partial charge in [0.25, 0.3) is 0 Å². The van der Waals surface area contributed by atoms with Crippen LogP contribution in [0, 0.1) is 0 Å². The third-order valence-corrected chi connectivity index (χ3v) is 5.44. The molecule has 3 rings (SSSR count). The minimum absolute atomic E-state index is 0.220. The number of benzene rings is 3. The second-order valence-corrected chi connectivity index (χ2v) is 8.57. The summed E-state index contributed by atoms with van der Waals surface area (Å²) in [6.07, 6.45) is 2.48. The Hall–Kier alpha value is -4.93. The van der Waals surface area contributed by atoms with E-state index in [-0.39, 0.29) is 18.1 Å². The van der Waals surface area contributed by atoms with Crippen molar-refractivity contribution in [1.29, 1.82) is 0 Å². The molecule has 0 heterocycles. The first-order valence-electron chi connectivity index (χ1n) is 13.1. The van der Waals surface area contributed by atoms with E-state index in [1.807, 2.05) is 0 Å². The number of rotatable bonds is 17. The van der Waals surface area contributed by atoms with Gasteiger partial charge in [-0.05, 0) is 78.9 Å². The maximum atomic E-state index is 12.5. The highest BCUT2D eigenvalue weighted by molar-refractivity contribution is 5.92. The Labute approximate surface area is 243 Å². The van der Waals surface area contributed by atoms with E-state index in [1.54, 1.807) is 48.5 Å². The van der Waals surface area contributed by atoms with E-state index in [4.69, 9.17) is 28.4 Å². The molecular weight excluding hydrogens is 544 g/mol. The molecule has 1 unspecified atom stereocenters. The smallest absolute Gasteiger partial charge is 0.343 e. The second kappa shape index (κ2) is 17.0. The largest absolute Gasteiger partial charge is 0.494 e. The van der Waals surface area contributed by atoms with Crippen LogP contribution in [0.1, 0.15) is 33.6 Å². The summed E-state index contributed by atoms with van der Waals surface area (Å²) in [6.45, 7) is 8.00. The Morgan fingerprint density at radius 3 is 1.50 bits per heavy atom. The van der Waals surface area contributed by atoms with E-state index in [0.717, 1.165) is 6.08 Å². The van der Waals surface area contributed by atoms with Crippen LogP contribution >= 0.6 is 0 Å². The van der Waals surface area contributed by atoms with Crippen LogP contribution in [0.25, 0.3) is 0 Å². The number of carbonyl (C=O) groups is 3. The molecule has 0 fully saturated rings. The average molecular weight is 577 g/mol. The van der Waals surface area contributed by atoms with Crippen molar-refractivity contribution in [3.63, 3.8) is 0 Å². The van der Waals surface area contributed by atoms with E-state index in [1.165, 1.54) is 30.3 Å². The first kappa shape index (κ1) is 31.6.